The Bertz CT molecular complexity index is 237. The summed E-state index contributed by atoms with van der Waals surface area (Å²) in [7, 11) is 0. The minimum atomic E-state index is -0.200. The highest BCUT2D eigenvalue weighted by molar-refractivity contribution is 5.83. The predicted octanol–water partition coefficient (Wildman–Crippen LogP) is 1.81. The fourth-order valence-corrected chi connectivity index (χ4v) is 2.94. The van der Waals surface area contributed by atoms with Crippen LogP contribution >= 0.6 is 0 Å². The fraction of sp³-hybridized carbons (Fsp3) is 0.923. The predicted molar refractivity (Wildman–Crippen MR) is 64.9 cm³/mol. The van der Waals surface area contributed by atoms with Crippen LogP contribution in [0.25, 0.3) is 0 Å². The molecule has 92 valence electrons. The molecule has 0 bridgehead atoms. The molecule has 3 nitrogen and oxygen atoms in total. The Morgan fingerprint density at radius 1 is 1.19 bits per heavy atom. The minimum absolute atomic E-state index is 0.200. The van der Waals surface area contributed by atoms with Gasteiger partial charge in [0.25, 0.3) is 0 Å². The molecule has 2 fully saturated rings. The third kappa shape index (κ3) is 2.40. The molecular formula is C13H24N2O. The van der Waals surface area contributed by atoms with Gasteiger partial charge in [0.05, 0.1) is 5.41 Å². The van der Waals surface area contributed by atoms with Crippen molar-refractivity contribution in [3.8, 4) is 0 Å². The molecule has 0 saturated heterocycles. The van der Waals surface area contributed by atoms with Crippen LogP contribution in [-0.4, -0.2) is 19.0 Å². The molecule has 0 aromatic carbocycles. The van der Waals surface area contributed by atoms with Crippen molar-refractivity contribution in [2.75, 3.05) is 13.1 Å². The largest absolute Gasteiger partial charge is 0.355 e. The van der Waals surface area contributed by atoms with Gasteiger partial charge in [0, 0.05) is 13.1 Å². The first-order valence-electron chi connectivity index (χ1n) is 6.75. The summed E-state index contributed by atoms with van der Waals surface area (Å²) in [6.45, 7) is 1.39. The molecule has 3 N–H and O–H groups in total. The van der Waals surface area contributed by atoms with E-state index in [1.165, 1.54) is 32.1 Å². The topological polar surface area (TPSA) is 55.1 Å². The average molecular weight is 224 g/mol. The molecule has 16 heavy (non-hydrogen) atoms. The van der Waals surface area contributed by atoms with Gasteiger partial charge in [-0.2, -0.15) is 0 Å². The first kappa shape index (κ1) is 11.9. The summed E-state index contributed by atoms with van der Waals surface area (Å²) in [5.41, 5.74) is 5.52. The molecule has 0 unspecified atom stereocenters. The summed E-state index contributed by atoms with van der Waals surface area (Å²) in [4.78, 5) is 12.0. The molecule has 0 heterocycles. The second kappa shape index (κ2) is 5.17. The first-order chi connectivity index (χ1) is 7.77. The monoisotopic (exact) mass is 224 g/mol. The third-order valence-electron chi connectivity index (χ3n) is 4.46. The van der Waals surface area contributed by atoms with Crippen molar-refractivity contribution < 1.29 is 4.79 Å². The lowest BCUT2D eigenvalue weighted by Crippen LogP contribution is -2.51. The smallest absolute Gasteiger partial charge is 0.227 e. The Morgan fingerprint density at radius 2 is 1.88 bits per heavy atom. The summed E-state index contributed by atoms with van der Waals surface area (Å²) >= 11 is 0. The highest BCUT2D eigenvalue weighted by Gasteiger charge is 2.42. The summed E-state index contributed by atoms with van der Waals surface area (Å²) in [5, 5.41) is 3.13. The van der Waals surface area contributed by atoms with E-state index in [1.807, 2.05) is 0 Å². The molecule has 0 aliphatic heterocycles. The van der Waals surface area contributed by atoms with Gasteiger partial charge in [0.1, 0.15) is 0 Å². The van der Waals surface area contributed by atoms with E-state index in [0.717, 1.165) is 25.8 Å². The fourth-order valence-electron chi connectivity index (χ4n) is 2.94. The van der Waals surface area contributed by atoms with Crippen LogP contribution in [0.4, 0.5) is 0 Å². The second-order valence-electron chi connectivity index (χ2n) is 5.55. The van der Waals surface area contributed by atoms with E-state index in [2.05, 4.69) is 5.32 Å². The van der Waals surface area contributed by atoms with Gasteiger partial charge in [-0.3, -0.25) is 4.79 Å². The number of carbonyl (C=O) groups is 1. The molecule has 1 amide bonds. The van der Waals surface area contributed by atoms with Crippen molar-refractivity contribution in [2.45, 2.75) is 51.4 Å². The maximum atomic E-state index is 12.0. The van der Waals surface area contributed by atoms with E-state index in [1.54, 1.807) is 0 Å². The van der Waals surface area contributed by atoms with E-state index in [4.69, 9.17) is 5.73 Å². The first-order valence-corrected chi connectivity index (χ1v) is 6.75. The van der Waals surface area contributed by atoms with Crippen LogP contribution in [0, 0.1) is 11.3 Å². The Morgan fingerprint density at radius 3 is 2.38 bits per heavy atom. The number of nitrogens with two attached hydrogens (primary N) is 1. The van der Waals surface area contributed by atoms with Crippen molar-refractivity contribution in [3.63, 3.8) is 0 Å². The zero-order chi connectivity index (χ0) is 11.4. The maximum absolute atomic E-state index is 12.0. The van der Waals surface area contributed by atoms with Gasteiger partial charge in [-0.1, -0.05) is 25.7 Å². The minimum Gasteiger partial charge on any atom is -0.355 e. The molecule has 0 spiro atoms. The standard InChI is InChI=1S/C13H24N2O/c14-10-13(7-4-8-13)12(16)15-9-11-5-2-1-3-6-11/h11H,1-10,14H2,(H,15,16). The average Bonchev–Trinajstić information content (AvgIpc) is 2.27. The van der Waals surface area contributed by atoms with E-state index < -0.39 is 0 Å². The molecule has 2 aliphatic rings. The van der Waals surface area contributed by atoms with E-state index in [9.17, 15) is 4.79 Å². The van der Waals surface area contributed by atoms with Crippen molar-refractivity contribution in [1.82, 2.24) is 5.32 Å². The van der Waals surface area contributed by atoms with Crippen molar-refractivity contribution in [1.29, 1.82) is 0 Å². The van der Waals surface area contributed by atoms with Crippen LogP contribution in [0.5, 0.6) is 0 Å². The van der Waals surface area contributed by atoms with Crippen LogP contribution < -0.4 is 11.1 Å². The van der Waals surface area contributed by atoms with Gasteiger partial charge < -0.3 is 11.1 Å². The van der Waals surface area contributed by atoms with E-state index >= 15 is 0 Å². The molecule has 2 aliphatic carbocycles. The number of carbonyl (C=O) groups excluding carboxylic acids is 1. The zero-order valence-electron chi connectivity index (χ0n) is 10.1. The molecule has 0 atom stereocenters. The van der Waals surface area contributed by atoms with Crippen LogP contribution in [0.15, 0.2) is 0 Å². The van der Waals surface area contributed by atoms with Gasteiger partial charge in [0.2, 0.25) is 5.91 Å². The SMILES string of the molecule is NCC1(C(=O)NCC2CCCCC2)CCC1. The highest BCUT2D eigenvalue weighted by Crippen LogP contribution is 2.40. The Balaban J connectivity index is 1.74. The van der Waals surface area contributed by atoms with Gasteiger partial charge in [-0.25, -0.2) is 0 Å². The number of hydrogen-bond donors (Lipinski definition) is 2. The molecule has 3 heteroatoms. The summed E-state index contributed by atoms with van der Waals surface area (Å²) in [5.74, 6) is 0.930. The lowest BCUT2D eigenvalue weighted by Gasteiger charge is -2.39. The Hall–Kier alpha value is -0.570. The number of amides is 1. The van der Waals surface area contributed by atoms with Crippen molar-refractivity contribution in [2.24, 2.45) is 17.1 Å². The lowest BCUT2D eigenvalue weighted by atomic mass is 9.68. The van der Waals surface area contributed by atoms with Gasteiger partial charge in [0.15, 0.2) is 0 Å². The number of rotatable bonds is 4. The summed E-state index contributed by atoms with van der Waals surface area (Å²) < 4.78 is 0. The lowest BCUT2D eigenvalue weighted by molar-refractivity contribution is -0.135. The van der Waals surface area contributed by atoms with Gasteiger partial charge in [-0.15, -0.1) is 0 Å². The maximum Gasteiger partial charge on any atom is 0.227 e. The molecule has 0 aromatic heterocycles. The van der Waals surface area contributed by atoms with E-state index in [0.29, 0.717) is 12.5 Å². The molecule has 2 saturated carbocycles. The second-order valence-corrected chi connectivity index (χ2v) is 5.55. The van der Waals surface area contributed by atoms with Crippen LogP contribution in [0.3, 0.4) is 0 Å². The van der Waals surface area contributed by atoms with E-state index in [-0.39, 0.29) is 11.3 Å². The number of hydrogen-bond acceptors (Lipinski definition) is 2. The number of nitrogens with one attached hydrogen (secondary N) is 1. The van der Waals surface area contributed by atoms with Crippen LogP contribution in [0.2, 0.25) is 0 Å². The Kier molecular flexibility index (Phi) is 3.85. The Labute approximate surface area is 98.2 Å². The normalized spacial score (nSPS) is 24.8. The van der Waals surface area contributed by atoms with Crippen molar-refractivity contribution in [3.05, 3.63) is 0 Å². The van der Waals surface area contributed by atoms with Crippen LogP contribution in [-0.2, 0) is 4.79 Å². The zero-order valence-corrected chi connectivity index (χ0v) is 10.1. The van der Waals surface area contributed by atoms with Gasteiger partial charge >= 0.3 is 0 Å². The van der Waals surface area contributed by atoms with Gasteiger partial charge in [-0.05, 0) is 31.6 Å². The molecule has 0 aromatic rings. The highest BCUT2D eigenvalue weighted by atomic mass is 16.2. The summed E-state index contributed by atoms with van der Waals surface area (Å²) in [6, 6.07) is 0. The third-order valence-corrected chi connectivity index (χ3v) is 4.46. The van der Waals surface area contributed by atoms with Crippen LogP contribution in [0.1, 0.15) is 51.4 Å². The summed E-state index contributed by atoms with van der Waals surface area (Å²) in [6.07, 6.45) is 9.75. The van der Waals surface area contributed by atoms with Crippen molar-refractivity contribution >= 4 is 5.91 Å². The molecule has 2 rings (SSSR count). The molecular weight excluding hydrogens is 200 g/mol. The molecule has 0 radical (unpaired) electrons. The quantitative estimate of drug-likeness (QED) is 0.765.